The molecule has 1 atom stereocenters. The van der Waals surface area contributed by atoms with Gasteiger partial charge in [0.25, 0.3) is 0 Å². The first-order valence-electron chi connectivity index (χ1n) is 13.0. The van der Waals surface area contributed by atoms with Crippen LogP contribution in [0.25, 0.3) is 0 Å². The van der Waals surface area contributed by atoms with Crippen LogP contribution in [0.1, 0.15) is 46.0 Å². The summed E-state index contributed by atoms with van der Waals surface area (Å²) in [6.45, 7) is 7.34. The van der Waals surface area contributed by atoms with Gasteiger partial charge in [-0.2, -0.15) is 0 Å². The Morgan fingerprint density at radius 3 is 2.56 bits per heavy atom. The second-order valence-corrected chi connectivity index (χ2v) is 12.5. The highest BCUT2D eigenvalue weighted by molar-refractivity contribution is 7.17. The molecule has 1 amide bonds. The van der Waals surface area contributed by atoms with Gasteiger partial charge in [-0.25, -0.2) is 0 Å². The van der Waals surface area contributed by atoms with Crippen LogP contribution >= 0.6 is 22.9 Å². The summed E-state index contributed by atoms with van der Waals surface area (Å²) in [4.78, 5) is 21.1. The van der Waals surface area contributed by atoms with Crippen molar-refractivity contribution < 1.29 is 9.53 Å². The molecule has 0 radical (unpaired) electrons. The van der Waals surface area contributed by atoms with E-state index in [1.54, 1.807) is 23.2 Å². The Hall–Kier alpha value is -3.33. The summed E-state index contributed by atoms with van der Waals surface area (Å²) >= 11 is 7.72. The minimum absolute atomic E-state index is 0.0124. The summed E-state index contributed by atoms with van der Waals surface area (Å²) in [6.07, 6.45) is 1.99. The standard InChI is InChI=1S/C30H30ClN5O2S/c1-16-17(2)39-29-26(16)27(19-4-7-22(31)8-5-19)35-24(28(33)36(29)18(3)32)11-25(37)34-23-9-6-20-12-30(14-38-15-30)13-21(20)10-23/h4-10,24,32-33H,11-15H2,1-3H3,(H,34,37)/t24-/m0/s1. The highest BCUT2D eigenvalue weighted by Crippen LogP contribution is 2.43. The molecule has 0 saturated carbocycles. The van der Waals surface area contributed by atoms with Gasteiger partial charge in [-0.15, -0.1) is 11.3 Å². The van der Waals surface area contributed by atoms with Crippen LogP contribution in [0.3, 0.4) is 0 Å². The summed E-state index contributed by atoms with van der Waals surface area (Å²) in [5, 5.41) is 22.1. The largest absolute Gasteiger partial charge is 0.380 e. The first kappa shape index (κ1) is 25.9. The van der Waals surface area contributed by atoms with Crippen molar-refractivity contribution in [3.63, 3.8) is 0 Å². The van der Waals surface area contributed by atoms with Gasteiger partial charge in [0.2, 0.25) is 5.91 Å². The lowest BCUT2D eigenvalue weighted by Gasteiger charge is -2.37. The van der Waals surface area contributed by atoms with Crippen molar-refractivity contribution in [1.29, 1.82) is 10.8 Å². The van der Waals surface area contributed by atoms with E-state index in [2.05, 4.69) is 17.4 Å². The van der Waals surface area contributed by atoms with E-state index in [1.807, 2.05) is 44.2 Å². The maximum absolute atomic E-state index is 13.3. The lowest BCUT2D eigenvalue weighted by Crippen LogP contribution is -2.43. The van der Waals surface area contributed by atoms with Gasteiger partial charge in [-0.3, -0.25) is 25.5 Å². The molecule has 1 spiro atoms. The van der Waals surface area contributed by atoms with Crippen LogP contribution in [0.5, 0.6) is 0 Å². The molecule has 1 fully saturated rings. The minimum Gasteiger partial charge on any atom is -0.380 e. The molecule has 3 N–H and O–H groups in total. The number of aryl methyl sites for hydroxylation is 1. The van der Waals surface area contributed by atoms with Gasteiger partial charge in [-0.05, 0) is 74.6 Å². The van der Waals surface area contributed by atoms with E-state index >= 15 is 0 Å². The molecule has 3 aromatic rings. The fourth-order valence-electron chi connectivity index (χ4n) is 5.78. The molecule has 2 aliphatic heterocycles. The van der Waals surface area contributed by atoms with Crippen molar-refractivity contribution in [2.75, 3.05) is 23.4 Å². The zero-order valence-electron chi connectivity index (χ0n) is 22.2. The summed E-state index contributed by atoms with van der Waals surface area (Å²) in [5.74, 6) is 0.113. The number of benzene rings is 2. The van der Waals surface area contributed by atoms with Crippen LogP contribution in [-0.4, -0.2) is 42.5 Å². The van der Waals surface area contributed by atoms with Crippen molar-refractivity contribution in [3.8, 4) is 0 Å². The predicted molar refractivity (Wildman–Crippen MR) is 159 cm³/mol. The Labute approximate surface area is 236 Å². The maximum Gasteiger partial charge on any atom is 0.227 e. The second kappa shape index (κ2) is 9.70. The van der Waals surface area contributed by atoms with E-state index in [0.717, 1.165) is 58.3 Å². The number of fused-ring (bicyclic) bond motifs is 2. The number of nitrogens with zero attached hydrogens (tertiary/aromatic N) is 2. The molecular formula is C30H30ClN5O2S. The summed E-state index contributed by atoms with van der Waals surface area (Å²) < 4.78 is 5.47. The van der Waals surface area contributed by atoms with E-state index in [0.29, 0.717) is 10.7 Å². The number of thiophene rings is 1. The van der Waals surface area contributed by atoms with E-state index in [-0.39, 0.29) is 29.4 Å². The van der Waals surface area contributed by atoms with Crippen LogP contribution in [-0.2, 0) is 22.4 Å². The number of hydrogen-bond acceptors (Lipinski definition) is 6. The Morgan fingerprint density at radius 2 is 1.90 bits per heavy atom. The second-order valence-electron chi connectivity index (χ2n) is 10.9. The maximum atomic E-state index is 13.3. The lowest BCUT2D eigenvalue weighted by molar-refractivity contribution is -0.116. The number of carbonyl (C=O) groups is 1. The summed E-state index contributed by atoms with van der Waals surface area (Å²) in [5.41, 5.74) is 7.10. The SMILES string of the molecule is CC(=N)N1C(=N)[C@H](CC(=O)Nc2ccc3c(c2)CC2(COC2)C3)N=C(c2ccc(Cl)cc2)c2c1sc(C)c2C. The monoisotopic (exact) mass is 559 g/mol. The number of aliphatic imine (C=N–C) groups is 1. The highest BCUT2D eigenvalue weighted by Gasteiger charge is 2.43. The van der Waals surface area contributed by atoms with Crippen LogP contribution in [0.4, 0.5) is 10.7 Å². The van der Waals surface area contributed by atoms with Gasteiger partial charge >= 0.3 is 0 Å². The highest BCUT2D eigenvalue weighted by atomic mass is 35.5. The van der Waals surface area contributed by atoms with E-state index in [4.69, 9.17) is 32.1 Å². The number of ether oxygens (including phenoxy) is 1. The molecule has 1 aromatic heterocycles. The van der Waals surface area contributed by atoms with Gasteiger partial charge in [0.1, 0.15) is 22.7 Å². The Kier molecular flexibility index (Phi) is 6.44. The molecule has 3 heterocycles. The Balaban J connectivity index is 1.32. The molecule has 2 aromatic carbocycles. The average Bonchev–Trinajstić information content (AvgIpc) is 3.36. The molecule has 200 valence electrons. The molecule has 7 nitrogen and oxygen atoms in total. The molecule has 39 heavy (non-hydrogen) atoms. The number of halogens is 1. The number of amidine groups is 2. The molecule has 1 saturated heterocycles. The molecule has 0 unspecified atom stereocenters. The zero-order chi connectivity index (χ0) is 27.5. The molecular weight excluding hydrogens is 530 g/mol. The number of anilines is 2. The smallest absolute Gasteiger partial charge is 0.227 e. The normalized spacial score (nSPS) is 19.2. The van der Waals surface area contributed by atoms with Crippen molar-refractivity contribution in [1.82, 2.24) is 0 Å². The lowest BCUT2D eigenvalue weighted by atomic mass is 9.83. The quantitative estimate of drug-likeness (QED) is 0.263. The number of rotatable bonds is 4. The number of hydrogen-bond donors (Lipinski definition) is 3. The van der Waals surface area contributed by atoms with E-state index < -0.39 is 6.04 Å². The summed E-state index contributed by atoms with van der Waals surface area (Å²) in [6, 6.07) is 12.8. The predicted octanol–water partition coefficient (Wildman–Crippen LogP) is 6.16. The van der Waals surface area contributed by atoms with Crippen molar-refractivity contribution >= 4 is 56.9 Å². The third-order valence-corrected chi connectivity index (χ3v) is 9.36. The molecule has 9 heteroatoms. The summed E-state index contributed by atoms with van der Waals surface area (Å²) in [7, 11) is 0. The number of carbonyl (C=O) groups excluding carboxylic acids is 1. The third-order valence-electron chi connectivity index (χ3n) is 7.92. The fourth-order valence-corrected chi connectivity index (χ4v) is 7.13. The molecule has 3 aliphatic rings. The molecule has 1 aliphatic carbocycles. The van der Waals surface area contributed by atoms with Crippen LogP contribution < -0.4 is 10.2 Å². The first-order valence-corrected chi connectivity index (χ1v) is 14.2. The van der Waals surface area contributed by atoms with Crippen molar-refractivity contribution in [2.45, 2.75) is 46.1 Å². The first-order chi connectivity index (χ1) is 18.6. The van der Waals surface area contributed by atoms with Gasteiger partial charge in [0, 0.05) is 32.1 Å². The molecule has 6 rings (SSSR count). The third kappa shape index (κ3) is 4.60. The van der Waals surface area contributed by atoms with E-state index in [9.17, 15) is 4.79 Å². The van der Waals surface area contributed by atoms with Gasteiger partial charge in [0.15, 0.2) is 0 Å². The van der Waals surface area contributed by atoms with Crippen LogP contribution in [0, 0.1) is 30.1 Å². The van der Waals surface area contributed by atoms with Gasteiger partial charge in [0.05, 0.1) is 25.3 Å². The van der Waals surface area contributed by atoms with E-state index in [1.165, 1.54) is 11.1 Å². The van der Waals surface area contributed by atoms with Crippen molar-refractivity contribution in [2.24, 2.45) is 10.4 Å². The topological polar surface area (TPSA) is 102 Å². The Morgan fingerprint density at radius 1 is 1.18 bits per heavy atom. The zero-order valence-corrected chi connectivity index (χ0v) is 23.7. The van der Waals surface area contributed by atoms with Crippen LogP contribution in [0.2, 0.25) is 5.02 Å². The number of amides is 1. The van der Waals surface area contributed by atoms with Crippen LogP contribution in [0.15, 0.2) is 47.5 Å². The van der Waals surface area contributed by atoms with Gasteiger partial charge < -0.3 is 10.1 Å². The molecule has 0 bridgehead atoms. The average molecular weight is 560 g/mol. The van der Waals surface area contributed by atoms with Gasteiger partial charge in [-0.1, -0.05) is 29.8 Å². The Bertz CT molecular complexity index is 1550. The fraction of sp³-hybridized carbons (Fsp3) is 0.333. The number of nitrogens with one attached hydrogen (secondary N) is 3. The minimum atomic E-state index is -0.764. The van der Waals surface area contributed by atoms with Crippen molar-refractivity contribution in [3.05, 3.63) is 80.2 Å².